The van der Waals surface area contributed by atoms with E-state index in [-0.39, 0.29) is 24.4 Å². The van der Waals surface area contributed by atoms with Gasteiger partial charge in [0, 0.05) is 12.1 Å². The molecule has 1 aliphatic rings. The third-order valence-corrected chi connectivity index (χ3v) is 3.20. The molecule has 3 nitrogen and oxygen atoms in total. The van der Waals surface area contributed by atoms with Gasteiger partial charge in [0.2, 0.25) is 0 Å². The Kier molecular flexibility index (Phi) is 6.06. The maximum Gasteiger partial charge on any atom is 0.330 e. The van der Waals surface area contributed by atoms with Gasteiger partial charge in [0.15, 0.2) is 0 Å². The Morgan fingerprint density at radius 2 is 2.26 bits per heavy atom. The van der Waals surface area contributed by atoms with Gasteiger partial charge in [-0.1, -0.05) is 18.2 Å². The van der Waals surface area contributed by atoms with Crippen molar-refractivity contribution in [1.29, 1.82) is 0 Å². The minimum Gasteiger partial charge on any atom is -0.463 e. The van der Waals surface area contributed by atoms with E-state index in [9.17, 15) is 4.79 Å². The number of nitrogens with two attached hydrogens (primary N) is 1. The molecule has 0 aliphatic heterocycles. The molecule has 1 atom stereocenters. The zero-order chi connectivity index (χ0) is 13.0. The fraction of sp³-hybridized carbons (Fsp3) is 0.400. The number of esters is 1. The van der Waals surface area contributed by atoms with E-state index in [1.807, 2.05) is 6.07 Å². The standard InChI is InChI=1S/C15H19NO2.ClH/c1-2-18-15(17)8-4-11-3-5-12-6-7-14(16)10-13(12)9-11;/h3-5,8-9,14H,2,6-7,10,16H2,1H3;1H/b8-4+;. The van der Waals surface area contributed by atoms with Crippen LogP contribution >= 0.6 is 12.4 Å². The fourth-order valence-corrected chi connectivity index (χ4v) is 2.26. The molecule has 1 aliphatic carbocycles. The Bertz CT molecular complexity index is 471. The van der Waals surface area contributed by atoms with Crippen LogP contribution in [0.25, 0.3) is 6.08 Å². The maximum atomic E-state index is 11.2. The lowest BCUT2D eigenvalue weighted by Crippen LogP contribution is -2.27. The maximum absolute atomic E-state index is 11.2. The van der Waals surface area contributed by atoms with E-state index in [2.05, 4.69) is 12.1 Å². The topological polar surface area (TPSA) is 52.3 Å². The van der Waals surface area contributed by atoms with Crippen molar-refractivity contribution in [3.63, 3.8) is 0 Å². The summed E-state index contributed by atoms with van der Waals surface area (Å²) in [5.74, 6) is -0.299. The third-order valence-electron chi connectivity index (χ3n) is 3.20. The van der Waals surface area contributed by atoms with Crippen LogP contribution < -0.4 is 5.73 Å². The van der Waals surface area contributed by atoms with Crippen molar-refractivity contribution < 1.29 is 9.53 Å². The molecule has 0 heterocycles. The van der Waals surface area contributed by atoms with Crippen molar-refractivity contribution in [3.8, 4) is 0 Å². The van der Waals surface area contributed by atoms with Crippen LogP contribution in [0.3, 0.4) is 0 Å². The van der Waals surface area contributed by atoms with E-state index in [4.69, 9.17) is 10.5 Å². The number of aryl methyl sites for hydroxylation is 1. The third kappa shape index (κ3) is 4.37. The van der Waals surface area contributed by atoms with Crippen molar-refractivity contribution in [3.05, 3.63) is 41.0 Å². The Morgan fingerprint density at radius 1 is 1.47 bits per heavy atom. The molecule has 1 unspecified atom stereocenters. The van der Waals surface area contributed by atoms with E-state index in [1.54, 1.807) is 13.0 Å². The molecule has 0 radical (unpaired) electrons. The molecule has 0 saturated heterocycles. The monoisotopic (exact) mass is 281 g/mol. The van der Waals surface area contributed by atoms with Gasteiger partial charge in [-0.3, -0.25) is 0 Å². The van der Waals surface area contributed by atoms with Crippen LogP contribution in [-0.4, -0.2) is 18.6 Å². The number of fused-ring (bicyclic) bond motifs is 1. The van der Waals surface area contributed by atoms with E-state index < -0.39 is 0 Å². The van der Waals surface area contributed by atoms with Crippen LogP contribution in [0.2, 0.25) is 0 Å². The first kappa shape index (κ1) is 15.7. The molecular weight excluding hydrogens is 262 g/mol. The molecule has 0 spiro atoms. The Morgan fingerprint density at radius 3 is 3.00 bits per heavy atom. The van der Waals surface area contributed by atoms with Crippen molar-refractivity contribution in [2.75, 3.05) is 6.61 Å². The molecule has 104 valence electrons. The van der Waals surface area contributed by atoms with Gasteiger partial charge < -0.3 is 10.5 Å². The Labute approximate surface area is 120 Å². The minimum atomic E-state index is -0.299. The molecule has 0 aromatic heterocycles. The van der Waals surface area contributed by atoms with Gasteiger partial charge in [-0.15, -0.1) is 12.4 Å². The number of rotatable bonds is 3. The van der Waals surface area contributed by atoms with E-state index in [0.717, 1.165) is 24.8 Å². The predicted octanol–water partition coefficient (Wildman–Crippen LogP) is 2.50. The molecular formula is C15H20ClNO2. The second kappa shape index (κ2) is 7.31. The summed E-state index contributed by atoms with van der Waals surface area (Å²) in [6.07, 6.45) is 6.30. The molecule has 2 rings (SSSR count). The van der Waals surface area contributed by atoms with Gasteiger partial charge >= 0.3 is 5.97 Å². The summed E-state index contributed by atoms with van der Waals surface area (Å²) in [4.78, 5) is 11.2. The first-order valence-electron chi connectivity index (χ1n) is 6.41. The highest BCUT2D eigenvalue weighted by Gasteiger charge is 2.14. The van der Waals surface area contributed by atoms with E-state index in [1.165, 1.54) is 17.2 Å². The first-order chi connectivity index (χ1) is 8.69. The Balaban J connectivity index is 0.00000180. The summed E-state index contributed by atoms with van der Waals surface area (Å²) in [6.45, 7) is 2.20. The summed E-state index contributed by atoms with van der Waals surface area (Å²) in [5.41, 5.74) is 9.68. The van der Waals surface area contributed by atoms with Gasteiger partial charge in [-0.25, -0.2) is 4.79 Å². The summed E-state index contributed by atoms with van der Waals surface area (Å²) in [6, 6.07) is 6.54. The second-order valence-electron chi connectivity index (χ2n) is 4.62. The summed E-state index contributed by atoms with van der Waals surface area (Å²) < 4.78 is 4.85. The molecule has 1 aromatic rings. The van der Waals surface area contributed by atoms with Crippen LogP contribution in [0.15, 0.2) is 24.3 Å². The average Bonchev–Trinajstić information content (AvgIpc) is 2.36. The zero-order valence-electron chi connectivity index (χ0n) is 11.1. The lowest BCUT2D eigenvalue weighted by molar-refractivity contribution is -0.137. The highest BCUT2D eigenvalue weighted by atomic mass is 35.5. The second-order valence-corrected chi connectivity index (χ2v) is 4.62. The predicted molar refractivity (Wildman–Crippen MR) is 79.4 cm³/mol. The largest absolute Gasteiger partial charge is 0.463 e. The normalized spacial score (nSPS) is 17.7. The summed E-state index contributed by atoms with van der Waals surface area (Å²) in [5, 5.41) is 0. The SMILES string of the molecule is CCOC(=O)/C=C/c1ccc2c(c1)CC(N)CC2.Cl. The lowest BCUT2D eigenvalue weighted by Gasteiger charge is -2.21. The smallest absolute Gasteiger partial charge is 0.330 e. The minimum absolute atomic E-state index is 0. The molecule has 19 heavy (non-hydrogen) atoms. The fourth-order valence-electron chi connectivity index (χ4n) is 2.26. The highest BCUT2D eigenvalue weighted by molar-refractivity contribution is 5.87. The van der Waals surface area contributed by atoms with Crippen molar-refractivity contribution >= 4 is 24.5 Å². The van der Waals surface area contributed by atoms with E-state index >= 15 is 0 Å². The number of benzene rings is 1. The van der Waals surface area contributed by atoms with Crippen molar-refractivity contribution in [2.45, 2.75) is 32.2 Å². The first-order valence-corrected chi connectivity index (χ1v) is 6.41. The van der Waals surface area contributed by atoms with Gasteiger partial charge in [-0.05, 0) is 49.0 Å². The van der Waals surface area contributed by atoms with Crippen molar-refractivity contribution in [1.82, 2.24) is 0 Å². The molecule has 2 N–H and O–H groups in total. The summed E-state index contributed by atoms with van der Waals surface area (Å²) in [7, 11) is 0. The van der Waals surface area contributed by atoms with Crippen LogP contribution in [0, 0.1) is 0 Å². The van der Waals surface area contributed by atoms with E-state index in [0.29, 0.717) is 6.61 Å². The molecule has 0 bridgehead atoms. The number of hydrogen-bond acceptors (Lipinski definition) is 3. The molecule has 4 heteroatoms. The van der Waals surface area contributed by atoms with Crippen molar-refractivity contribution in [2.24, 2.45) is 5.73 Å². The summed E-state index contributed by atoms with van der Waals surface area (Å²) >= 11 is 0. The quantitative estimate of drug-likeness (QED) is 0.684. The molecule has 0 fully saturated rings. The molecule has 1 aromatic carbocycles. The number of ether oxygens (including phenoxy) is 1. The van der Waals surface area contributed by atoms with Crippen LogP contribution in [0.1, 0.15) is 30.0 Å². The average molecular weight is 282 g/mol. The lowest BCUT2D eigenvalue weighted by atomic mass is 9.87. The number of halogens is 1. The zero-order valence-corrected chi connectivity index (χ0v) is 11.9. The number of hydrogen-bond donors (Lipinski definition) is 1. The van der Waals surface area contributed by atoms with Gasteiger partial charge in [0.25, 0.3) is 0 Å². The molecule has 0 amide bonds. The van der Waals surface area contributed by atoms with Crippen LogP contribution in [-0.2, 0) is 22.4 Å². The van der Waals surface area contributed by atoms with Gasteiger partial charge in [0.1, 0.15) is 0 Å². The number of carbonyl (C=O) groups excluding carboxylic acids is 1. The van der Waals surface area contributed by atoms with Gasteiger partial charge in [-0.2, -0.15) is 0 Å². The molecule has 0 saturated carbocycles. The van der Waals surface area contributed by atoms with Crippen LogP contribution in [0.5, 0.6) is 0 Å². The van der Waals surface area contributed by atoms with Gasteiger partial charge in [0.05, 0.1) is 6.61 Å². The Hall–Kier alpha value is -1.32. The number of carbonyl (C=O) groups is 1. The highest BCUT2D eigenvalue weighted by Crippen LogP contribution is 2.22. The van der Waals surface area contributed by atoms with Crippen LogP contribution in [0.4, 0.5) is 0 Å².